The summed E-state index contributed by atoms with van der Waals surface area (Å²) in [6, 6.07) is 13.0. The van der Waals surface area contributed by atoms with Crippen molar-refractivity contribution in [2.45, 2.75) is 24.3 Å². The summed E-state index contributed by atoms with van der Waals surface area (Å²) >= 11 is 5.94. The molecule has 0 radical (unpaired) electrons. The molecule has 0 spiro atoms. The second-order valence-corrected chi connectivity index (χ2v) is 7.87. The van der Waals surface area contributed by atoms with Gasteiger partial charge in [-0.05, 0) is 48.9 Å². The van der Waals surface area contributed by atoms with E-state index < -0.39 is 10.0 Å². The largest absolute Gasteiger partial charge is 0.497 e. The van der Waals surface area contributed by atoms with Gasteiger partial charge in [-0.2, -0.15) is 0 Å². The van der Waals surface area contributed by atoms with Crippen LogP contribution in [0.15, 0.2) is 53.4 Å². The van der Waals surface area contributed by atoms with Gasteiger partial charge in [0, 0.05) is 18.0 Å². The summed E-state index contributed by atoms with van der Waals surface area (Å²) in [5.41, 5.74) is 0.879. The van der Waals surface area contributed by atoms with Crippen molar-refractivity contribution in [1.82, 2.24) is 10.0 Å². The van der Waals surface area contributed by atoms with Crippen molar-refractivity contribution in [2.75, 3.05) is 13.7 Å². The summed E-state index contributed by atoms with van der Waals surface area (Å²) in [6.45, 7) is 1.84. The fourth-order valence-electron chi connectivity index (χ4n) is 2.31. The van der Waals surface area contributed by atoms with Crippen molar-refractivity contribution in [1.29, 1.82) is 0 Å². The molecule has 0 heterocycles. The minimum atomic E-state index is -3.67. The maximum absolute atomic E-state index is 12.2. The van der Waals surface area contributed by atoms with Crippen LogP contribution in [0.2, 0.25) is 5.02 Å². The molecule has 0 saturated carbocycles. The molecule has 2 aromatic rings. The van der Waals surface area contributed by atoms with Crippen LogP contribution in [0.4, 0.5) is 0 Å². The Morgan fingerprint density at radius 2 is 1.88 bits per heavy atom. The fraction of sp³-hybridized carbons (Fsp3) is 0.278. The number of nitrogens with one attached hydrogen (secondary N) is 2. The van der Waals surface area contributed by atoms with Gasteiger partial charge in [0.2, 0.25) is 15.9 Å². The summed E-state index contributed by atoms with van der Waals surface area (Å²) in [7, 11) is -2.17. The SMILES string of the molecule is COc1ccc(S(=O)(=O)NCCC(=O)N[C@@H](C)c2cccc(Cl)c2)cc1. The summed E-state index contributed by atoms with van der Waals surface area (Å²) in [4.78, 5) is 12.1. The third-order valence-corrected chi connectivity index (χ3v) is 5.45. The number of halogens is 1. The molecule has 1 atom stereocenters. The highest BCUT2D eigenvalue weighted by atomic mass is 35.5. The standard InChI is InChI=1S/C18H21ClN2O4S/c1-13(14-4-3-5-15(19)12-14)21-18(22)10-11-20-26(23,24)17-8-6-16(25-2)7-9-17/h3-9,12-13,20H,10-11H2,1-2H3,(H,21,22)/t13-/m0/s1. The van der Waals surface area contributed by atoms with Crippen LogP contribution < -0.4 is 14.8 Å². The number of methoxy groups -OCH3 is 1. The predicted octanol–water partition coefficient (Wildman–Crippen LogP) is 2.89. The van der Waals surface area contributed by atoms with E-state index in [-0.39, 0.29) is 29.8 Å². The topological polar surface area (TPSA) is 84.5 Å². The van der Waals surface area contributed by atoms with Gasteiger partial charge in [-0.25, -0.2) is 13.1 Å². The van der Waals surface area contributed by atoms with Gasteiger partial charge in [0.25, 0.3) is 0 Å². The normalized spacial score (nSPS) is 12.4. The molecule has 0 aliphatic heterocycles. The lowest BCUT2D eigenvalue weighted by Gasteiger charge is -2.15. The quantitative estimate of drug-likeness (QED) is 0.718. The van der Waals surface area contributed by atoms with E-state index in [1.165, 1.54) is 19.2 Å². The van der Waals surface area contributed by atoms with Gasteiger partial charge in [-0.3, -0.25) is 4.79 Å². The minimum Gasteiger partial charge on any atom is -0.497 e. The minimum absolute atomic E-state index is 0.00244. The smallest absolute Gasteiger partial charge is 0.240 e. The van der Waals surface area contributed by atoms with Crippen molar-refractivity contribution in [2.24, 2.45) is 0 Å². The van der Waals surface area contributed by atoms with Gasteiger partial charge in [0.15, 0.2) is 0 Å². The van der Waals surface area contributed by atoms with Crippen molar-refractivity contribution in [3.63, 3.8) is 0 Å². The average molecular weight is 397 g/mol. The number of benzene rings is 2. The van der Waals surface area contributed by atoms with Crippen molar-refractivity contribution >= 4 is 27.5 Å². The fourth-order valence-corrected chi connectivity index (χ4v) is 3.54. The Bertz CT molecular complexity index is 854. The van der Waals surface area contributed by atoms with Crippen LogP contribution >= 0.6 is 11.6 Å². The lowest BCUT2D eigenvalue weighted by atomic mass is 10.1. The first kappa shape index (κ1) is 20.2. The number of carbonyl (C=O) groups is 1. The van der Waals surface area contributed by atoms with Crippen LogP contribution in [-0.2, 0) is 14.8 Å². The molecule has 0 aliphatic carbocycles. The molecule has 0 bridgehead atoms. The number of rotatable bonds is 8. The van der Waals surface area contributed by atoms with E-state index in [9.17, 15) is 13.2 Å². The number of amides is 1. The Hall–Kier alpha value is -2.09. The molecular weight excluding hydrogens is 376 g/mol. The Morgan fingerprint density at radius 3 is 2.50 bits per heavy atom. The maximum atomic E-state index is 12.2. The monoisotopic (exact) mass is 396 g/mol. The Kier molecular flexibility index (Phi) is 7.02. The lowest BCUT2D eigenvalue weighted by molar-refractivity contribution is -0.121. The molecule has 2 rings (SSSR count). The third-order valence-electron chi connectivity index (χ3n) is 3.74. The van der Waals surface area contributed by atoms with Crippen molar-refractivity contribution in [3.8, 4) is 5.75 Å². The molecule has 0 aliphatic rings. The first-order valence-corrected chi connectivity index (χ1v) is 9.86. The summed E-state index contributed by atoms with van der Waals surface area (Å²) in [5, 5.41) is 3.41. The average Bonchev–Trinajstić information content (AvgIpc) is 2.61. The molecule has 0 fully saturated rings. The molecule has 1 amide bonds. The van der Waals surface area contributed by atoms with Crippen LogP contribution in [0.5, 0.6) is 5.75 Å². The number of sulfonamides is 1. The Balaban J connectivity index is 1.85. The third kappa shape index (κ3) is 5.72. The molecular formula is C18H21ClN2O4S. The highest BCUT2D eigenvalue weighted by Crippen LogP contribution is 2.17. The highest BCUT2D eigenvalue weighted by Gasteiger charge is 2.15. The zero-order chi connectivity index (χ0) is 19.2. The van der Waals surface area contributed by atoms with E-state index in [0.29, 0.717) is 10.8 Å². The molecule has 2 aromatic carbocycles. The predicted molar refractivity (Wildman–Crippen MR) is 101 cm³/mol. The molecule has 26 heavy (non-hydrogen) atoms. The van der Waals surface area contributed by atoms with Gasteiger partial charge >= 0.3 is 0 Å². The Morgan fingerprint density at radius 1 is 1.19 bits per heavy atom. The first-order valence-electron chi connectivity index (χ1n) is 8.00. The zero-order valence-corrected chi connectivity index (χ0v) is 16.1. The first-order chi connectivity index (χ1) is 12.3. The van der Waals surface area contributed by atoms with Crippen molar-refractivity contribution in [3.05, 3.63) is 59.1 Å². The molecule has 2 N–H and O–H groups in total. The molecule has 0 aromatic heterocycles. The zero-order valence-electron chi connectivity index (χ0n) is 14.5. The highest BCUT2D eigenvalue weighted by molar-refractivity contribution is 7.89. The van der Waals surface area contributed by atoms with Gasteiger partial charge in [0.1, 0.15) is 5.75 Å². The second-order valence-electron chi connectivity index (χ2n) is 5.67. The number of carbonyl (C=O) groups excluding carboxylic acids is 1. The van der Waals surface area contributed by atoms with E-state index >= 15 is 0 Å². The maximum Gasteiger partial charge on any atom is 0.240 e. The number of hydrogen-bond donors (Lipinski definition) is 2. The van der Waals surface area contributed by atoms with E-state index in [0.717, 1.165) is 5.56 Å². The molecule has 140 valence electrons. The van der Waals surface area contributed by atoms with Gasteiger partial charge in [0.05, 0.1) is 18.0 Å². The van der Waals surface area contributed by atoms with Crippen LogP contribution in [0, 0.1) is 0 Å². The van der Waals surface area contributed by atoms with Crippen LogP contribution in [0.1, 0.15) is 24.9 Å². The molecule has 6 nitrogen and oxygen atoms in total. The van der Waals surface area contributed by atoms with E-state index in [4.69, 9.17) is 16.3 Å². The number of hydrogen-bond acceptors (Lipinski definition) is 4. The number of ether oxygens (including phenoxy) is 1. The summed E-state index contributed by atoms with van der Waals surface area (Å²) in [5.74, 6) is 0.313. The lowest BCUT2D eigenvalue weighted by Crippen LogP contribution is -2.32. The Labute approximate surface area is 158 Å². The summed E-state index contributed by atoms with van der Waals surface area (Å²) in [6.07, 6.45) is 0.0281. The van der Waals surface area contributed by atoms with E-state index in [1.807, 2.05) is 19.1 Å². The summed E-state index contributed by atoms with van der Waals surface area (Å²) < 4.78 is 31.8. The van der Waals surface area contributed by atoms with Crippen molar-refractivity contribution < 1.29 is 17.9 Å². The van der Waals surface area contributed by atoms with E-state index in [2.05, 4.69) is 10.0 Å². The van der Waals surface area contributed by atoms with Crippen LogP contribution in [-0.4, -0.2) is 28.0 Å². The van der Waals surface area contributed by atoms with Gasteiger partial charge in [-0.1, -0.05) is 23.7 Å². The van der Waals surface area contributed by atoms with Crippen LogP contribution in [0.25, 0.3) is 0 Å². The second kappa shape index (κ2) is 9.02. The van der Waals surface area contributed by atoms with Crippen LogP contribution in [0.3, 0.4) is 0 Å². The van der Waals surface area contributed by atoms with Gasteiger partial charge in [-0.15, -0.1) is 0 Å². The molecule has 8 heteroatoms. The van der Waals surface area contributed by atoms with E-state index in [1.54, 1.807) is 24.3 Å². The van der Waals surface area contributed by atoms with Gasteiger partial charge < -0.3 is 10.1 Å². The molecule has 0 unspecified atom stereocenters. The molecule has 0 saturated heterocycles.